The van der Waals surface area contributed by atoms with Crippen LogP contribution >= 0.6 is 0 Å². The van der Waals surface area contributed by atoms with Crippen molar-refractivity contribution in [3.63, 3.8) is 0 Å². The highest BCUT2D eigenvalue weighted by Crippen LogP contribution is 2.26. The topological polar surface area (TPSA) is 73.0 Å². The van der Waals surface area contributed by atoms with Crippen LogP contribution in [-0.4, -0.2) is 14.7 Å². The van der Waals surface area contributed by atoms with Crippen molar-refractivity contribution in [2.24, 2.45) is 7.05 Å². The molecular weight excluding hydrogens is 256 g/mol. The van der Waals surface area contributed by atoms with Gasteiger partial charge in [0.15, 0.2) is 0 Å². The third-order valence-corrected chi connectivity index (χ3v) is 3.27. The summed E-state index contributed by atoms with van der Waals surface area (Å²) < 4.78 is 1.73. The number of nitro benzene ring substituents is 1. The van der Waals surface area contributed by atoms with E-state index in [2.05, 4.69) is 10.4 Å². The Kier molecular flexibility index (Phi) is 4.02. The van der Waals surface area contributed by atoms with E-state index in [4.69, 9.17) is 0 Å². The van der Waals surface area contributed by atoms with E-state index in [9.17, 15) is 10.1 Å². The normalized spacial score (nSPS) is 12.2. The van der Waals surface area contributed by atoms with Gasteiger partial charge in [0.2, 0.25) is 0 Å². The van der Waals surface area contributed by atoms with E-state index in [0.717, 1.165) is 16.8 Å². The molecule has 1 unspecified atom stereocenters. The molecule has 0 saturated heterocycles. The molecule has 1 atom stereocenters. The van der Waals surface area contributed by atoms with Crippen LogP contribution in [0.25, 0.3) is 0 Å². The average molecular weight is 274 g/mol. The minimum absolute atomic E-state index is 0.0378. The Balaban J connectivity index is 2.21. The van der Waals surface area contributed by atoms with Crippen molar-refractivity contribution in [1.29, 1.82) is 0 Å². The van der Waals surface area contributed by atoms with Crippen LogP contribution in [0, 0.1) is 10.1 Å². The second-order valence-corrected chi connectivity index (χ2v) is 4.77. The maximum atomic E-state index is 11.1. The summed E-state index contributed by atoms with van der Waals surface area (Å²) in [5.41, 5.74) is 2.69. The quantitative estimate of drug-likeness (QED) is 0.671. The minimum atomic E-state index is -0.335. The van der Waals surface area contributed by atoms with Gasteiger partial charge in [0.05, 0.1) is 17.2 Å². The van der Waals surface area contributed by atoms with Gasteiger partial charge in [-0.15, -0.1) is 0 Å². The van der Waals surface area contributed by atoms with Crippen LogP contribution in [0.15, 0.2) is 30.6 Å². The molecule has 106 valence electrons. The summed E-state index contributed by atoms with van der Waals surface area (Å²) in [6.07, 6.45) is 4.35. The smallest absolute Gasteiger partial charge is 0.274 e. The first-order chi connectivity index (χ1) is 9.51. The summed E-state index contributed by atoms with van der Waals surface area (Å²) in [5, 5.41) is 18.4. The molecule has 1 aromatic heterocycles. The summed E-state index contributed by atoms with van der Waals surface area (Å²) in [7, 11) is 1.86. The second kappa shape index (κ2) is 5.73. The maximum Gasteiger partial charge on any atom is 0.274 e. The lowest BCUT2D eigenvalue weighted by atomic mass is 10.1. The molecule has 2 aromatic rings. The molecule has 6 nitrogen and oxygen atoms in total. The van der Waals surface area contributed by atoms with Crippen molar-refractivity contribution < 1.29 is 4.92 Å². The number of hydrogen-bond donors (Lipinski definition) is 1. The third kappa shape index (κ3) is 2.96. The van der Waals surface area contributed by atoms with Crippen molar-refractivity contribution >= 4 is 11.4 Å². The van der Waals surface area contributed by atoms with Crippen molar-refractivity contribution in [1.82, 2.24) is 9.78 Å². The minimum Gasteiger partial charge on any atom is -0.378 e. The van der Waals surface area contributed by atoms with E-state index < -0.39 is 0 Å². The summed E-state index contributed by atoms with van der Waals surface area (Å²) in [4.78, 5) is 10.7. The predicted octanol–water partition coefficient (Wildman–Crippen LogP) is 3.06. The summed E-state index contributed by atoms with van der Waals surface area (Å²) in [6, 6.07) is 5.30. The fraction of sp³-hybridized carbons (Fsp3) is 0.357. The molecule has 20 heavy (non-hydrogen) atoms. The number of rotatable bonds is 5. The number of aryl methyl sites for hydroxylation is 2. The van der Waals surface area contributed by atoms with Crippen molar-refractivity contribution in [3.05, 3.63) is 51.8 Å². The van der Waals surface area contributed by atoms with E-state index in [1.165, 1.54) is 0 Å². The molecule has 6 heteroatoms. The first-order valence-electron chi connectivity index (χ1n) is 6.53. The molecule has 0 radical (unpaired) electrons. The van der Waals surface area contributed by atoms with Crippen LogP contribution in [0.5, 0.6) is 0 Å². The van der Waals surface area contributed by atoms with Crippen LogP contribution in [0.4, 0.5) is 11.4 Å². The molecule has 1 N–H and O–H groups in total. The number of nitrogens with zero attached hydrogens (tertiary/aromatic N) is 3. The zero-order valence-electron chi connectivity index (χ0n) is 11.8. The van der Waals surface area contributed by atoms with Gasteiger partial charge in [-0.25, -0.2) is 0 Å². The molecule has 0 amide bonds. The fourth-order valence-electron chi connectivity index (χ4n) is 2.12. The molecular formula is C14H18N4O2. The highest BCUT2D eigenvalue weighted by atomic mass is 16.6. The molecule has 0 aliphatic carbocycles. The first kappa shape index (κ1) is 14.0. The Morgan fingerprint density at radius 1 is 1.50 bits per heavy atom. The number of anilines is 1. The van der Waals surface area contributed by atoms with Crippen molar-refractivity contribution in [2.45, 2.75) is 26.3 Å². The summed E-state index contributed by atoms with van der Waals surface area (Å²) in [5.74, 6) is 0. The summed E-state index contributed by atoms with van der Waals surface area (Å²) in [6.45, 7) is 3.91. The van der Waals surface area contributed by atoms with Crippen molar-refractivity contribution in [2.75, 3.05) is 5.32 Å². The lowest BCUT2D eigenvalue weighted by Gasteiger charge is -2.14. The van der Waals surface area contributed by atoms with Gasteiger partial charge >= 0.3 is 0 Å². The highest BCUT2D eigenvalue weighted by Gasteiger charge is 2.14. The Morgan fingerprint density at radius 2 is 2.25 bits per heavy atom. The Hall–Kier alpha value is -2.37. The van der Waals surface area contributed by atoms with E-state index >= 15 is 0 Å². The average Bonchev–Trinajstić information content (AvgIpc) is 2.85. The molecule has 0 fully saturated rings. The zero-order valence-corrected chi connectivity index (χ0v) is 11.8. The lowest BCUT2D eigenvalue weighted by Crippen LogP contribution is -2.06. The van der Waals surface area contributed by atoms with Gasteiger partial charge in [0.1, 0.15) is 0 Å². The number of nitro groups is 1. The van der Waals surface area contributed by atoms with Gasteiger partial charge in [-0.1, -0.05) is 13.0 Å². The molecule has 1 aromatic carbocycles. The Morgan fingerprint density at radius 3 is 2.80 bits per heavy atom. The van der Waals surface area contributed by atoms with E-state index in [-0.39, 0.29) is 16.7 Å². The van der Waals surface area contributed by atoms with E-state index in [1.807, 2.05) is 33.2 Å². The Labute approximate surface area is 117 Å². The molecule has 0 aliphatic heterocycles. The number of benzene rings is 1. The van der Waals surface area contributed by atoms with Crippen LogP contribution in [0.1, 0.15) is 31.0 Å². The fourth-order valence-corrected chi connectivity index (χ4v) is 2.12. The number of hydrogen-bond acceptors (Lipinski definition) is 4. The van der Waals surface area contributed by atoms with Crippen LogP contribution in [0.2, 0.25) is 0 Å². The van der Waals surface area contributed by atoms with Gasteiger partial charge in [-0.3, -0.25) is 14.8 Å². The lowest BCUT2D eigenvalue weighted by molar-refractivity contribution is -0.385. The number of aromatic nitrogens is 2. The first-order valence-corrected chi connectivity index (χ1v) is 6.53. The molecule has 0 spiro atoms. The SMILES string of the molecule is CCc1ccc(NC(C)c2cnn(C)c2)cc1[N+](=O)[O-]. The zero-order chi connectivity index (χ0) is 14.7. The number of nitrogens with one attached hydrogen (secondary N) is 1. The van der Waals surface area contributed by atoms with Gasteiger partial charge in [0, 0.05) is 36.1 Å². The molecule has 0 saturated carbocycles. The largest absolute Gasteiger partial charge is 0.378 e. The van der Waals surface area contributed by atoms with Gasteiger partial charge in [0.25, 0.3) is 5.69 Å². The van der Waals surface area contributed by atoms with E-state index in [1.54, 1.807) is 23.0 Å². The maximum absolute atomic E-state index is 11.1. The molecule has 1 heterocycles. The van der Waals surface area contributed by atoms with Crippen LogP contribution in [0.3, 0.4) is 0 Å². The van der Waals surface area contributed by atoms with Crippen LogP contribution < -0.4 is 5.32 Å². The standard InChI is InChI=1S/C14H18N4O2/c1-4-11-5-6-13(7-14(11)18(19)20)16-10(2)12-8-15-17(3)9-12/h5-10,16H,4H2,1-3H3. The monoisotopic (exact) mass is 274 g/mol. The van der Waals surface area contributed by atoms with Gasteiger partial charge in [-0.05, 0) is 19.4 Å². The molecule has 2 rings (SSSR count). The van der Waals surface area contributed by atoms with Gasteiger partial charge < -0.3 is 5.32 Å². The van der Waals surface area contributed by atoms with Crippen LogP contribution in [-0.2, 0) is 13.5 Å². The second-order valence-electron chi connectivity index (χ2n) is 4.77. The van der Waals surface area contributed by atoms with Crippen molar-refractivity contribution in [3.8, 4) is 0 Å². The van der Waals surface area contributed by atoms with E-state index in [0.29, 0.717) is 6.42 Å². The molecule has 0 bridgehead atoms. The molecule has 0 aliphatic rings. The van der Waals surface area contributed by atoms with Gasteiger partial charge in [-0.2, -0.15) is 5.10 Å². The highest BCUT2D eigenvalue weighted by molar-refractivity contribution is 5.56. The predicted molar refractivity (Wildman–Crippen MR) is 77.7 cm³/mol. The third-order valence-electron chi connectivity index (χ3n) is 3.27. The Bertz CT molecular complexity index is 621. The summed E-state index contributed by atoms with van der Waals surface area (Å²) >= 11 is 0.